The lowest BCUT2D eigenvalue weighted by Gasteiger charge is -2.18. The van der Waals surface area contributed by atoms with Gasteiger partial charge in [0.15, 0.2) is 11.9 Å². The van der Waals surface area contributed by atoms with Crippen molar-refractivity contribution in [3.8, 4) is 0 Å². The van der Waals surface area contributed by atoms with E-state index in [0.29, 0.717) is 32.1 Å². The normalized spacial score (nSPS) is 13.3. The summed E-state index contributed by atoms with van der Waals surface area (Å²) in [6, 6.07) is 0. The van der Waals surface area contributed by atoms with Crippen molar-refractivity contribution in [2.45, 2.75) is 155 Å². The second-order valence-corrected chi connectivity index (χ2v) is 14.2. The molecule has 0 aliphatic heterocycles. The number of esters is 2. The van der Waals surface area contributed by atoms with Gasteiger partial charge in [-0.1, -0.05) is 138 Å². The van der Waals surface area contributed by atoms with Crippen LogP contribution in [0.25, 0.3) is 0 Å². The number of hydrogen-bond acceptors (Lipinski definition) is 7. The Morgan fingerprint density at radius 3 is 1.62 bits per heavy atom. The molecule has 0 bridgehead atoms. The molecule has 0 aliphatic carbocycles. The summed E-state index contributed by atoms with van der Waals surface area (Å²) in [6.45, 7) is 3.41. The Morgan fingerprint density at radius 2 is 1.04 bits per heavy atom. The van der Waals surface area contributed by atoms with Crippen LogP contribution in [0.3, 0.4) is 0 Å². The second kappa shape index (κ2) is 37.2. The maximum Gasteiger partial charge on any atom is 0.469 e. The zero-order valence-electron chi connectivity index (χ0n) is 32.6. The number of ether oxygens (including phenoxy) is 2. The van der Waals surface area contributed by atoms with Crippen LogP contribution >= 0.6 is 7.82 Å². The molecular weight excluding hydrogens is 691 g/mol. The summed E-state index contributed by atoms with van der Waals surface area (Å²) in [5, 5.41) is 0. The number of carbonyl (C=O) groups is 3. The summed E-state index contributed by atoms with van der Waals surface area (Å²) in [5.41, 5.74) is 0. The monoisotopic (exact) mass is 760 g/mol. The van der Waals surface area contributed by atoms with E-state index >= 15 is 0 Å². The van der Waals surface area contributed by atoms with Gasteiger partial charge in [-0.3, -0.25) is 18.9 Å². The number of phosphoric acid groups is 1. The predicted molar refractivity (Wildman–Crippen MR) is 216 cm³/mol. The molecule has 53 heavy (non-hydrogen) atoms. The topological polar surface area (TPSA) is 136 Å². The molecule has 2 N–H and O–H groups in total. The van der Waals surface area contributed by atoms with E-state index in [4.69, 9.17) is 19.3 Å². The molecule has 9 nitrogen and oxygen atoms in total. The summed E-state index contributed by atoms with van der Waals surface area (Å²) in [6.07, 6.45) is 45.8. The molecule has 0 amide bonds. The fourth-order valence-corrected chi connectivity index (χ4v) is 5.22. The van der Waals surface area contributed by atoms with Crippen LogP contribution in [0.1, 0.15) is 149 Å². The van der Waals surface area contributed by atoms with Crippen molar-refractivity contribution in [1.82, 2.24) is 0 Å². The Hall–Kier alpha value is -3.10. The molecule has 0 saturated heterocycles. The van der Waals surface area contributed by atoms with Gasteiger partial charge in [0.05, 0.1) is 6.61 Å². The van der Waals surface area contributed by atoms with Gasteiger partial charge >= 0.3 is 19.8 Å². The number of allylic oxidation sites excluding steroid dienone is 14. The molecule has 10 heteroatoms. The Labute approximate surface area is 320 Å². The van der Waals surface area contributed by atoms with Crippen LogP contribution in [0, 0.1) is 0 Å². The maximum atomic E-state index is 12.4. The van der Waals surface area contributed by atoms with Gasteiger partial charge < -0.3 is 19.3 Å². The van der Waals surface area contributed by atoms with Crippen molar-refractivity contribution in [1.29, 1.82) is 0 Å². The molecule has 0 unspecified atom stereocenters. The van der Waals surface area contributed by atoms with E-state index in [1.165, 1.54) is 38.5 Å². The third kappa shape index (κ3) is 39.9. The minimum atomic E-state index is -4.80. The quantitative estimate of drug-likeness (QED) is 0.0161. The largest absolute Gasteiger partial charge is 0.469 e. The molecule has 0 aromatic carbocycles. The smallest absolute Gasteiger partial charge is 0.462 e. The molecule has 0 aliphatic rings. The minimum Gasteiger partial charge on any atom is -0.462 e. The van der Waals surface area contributed by atoms with Gasteiger partial charge in [0.25, 0.3) is 0 Å². The van der Waals surface area contributed by atoms with E-state index in [-0.39, 0.29) is 25.2 Å². The molecule has 0 spiro atoms. The highest BCUT2D eigenvalue weighted by atomic mass is 31.2. The van der Waals surface area contributed by atoms with Crippen LogP contribution in [-0.2, 0) is 32.9 Å². The zero-order chi connectivity index (χ0) is 39.1. The lowest BCUT2D eigenvalue weighted by molar-refractivity contribution is -0.161. The van der Waals surface area contributed by atoms with Crippen LogP contribution in [0.2, 0.25) is 0 Å². The summed E-state index contributed by atoms with van der Waals surface area (Å²) in [4.78, 5) is 54.4. The van der Waals surface area contributed by atoms with Crippen LogP contribution in [0.5, 0.6) is 0 Å². The Kier molecular flexibility index (Phi) is 35.0. The van der Waals surface area contributed by atoms with Gasteiger partial charge in [0, 0.05) is 19.3 Å². The molecule has 300 valence electrons. The third-order valence-corrected chi connectivity index (χ3v) is 8.35. The van der Waals surface area contributed by atoms with Crippen molar-refractivity contribution >= 4 is 25.5 Å². The van der Waals surface area contributed by atoms with Gasteiger partial charge in [-0.25, -0.2) is 4.57 Å². The number of hydrogen-bond donors (Lipinski definition) is 2. The van der Waals surface area contributed by atoms with Crippen LogP contribution in [-0.4, -0.2) is 46.8 Å². The average Bonchev–Trinajstić information content (AvgIpc) is 3.12. The van der Waals surface area contributed by atoms with Gasteiger partial charge in [-0.2, -0.15) is 0 Å². The first kappa shape index (κ1) is 49.9. The molecule has 0 aromatic heterocycles. The van der Waals surface area contributed by atoms with E-state index in [2.05, 4.69) is 42.7 Å². The Bertz CT molecular complexity index is 1190. The summed E-state index contributed by atoms with van der Waals surface area (Å²) in [7, 11) is -4.80. The molecule has 0 radical (unpaired) electrons. The Balaban J connectivity index is 4.20. The molecule has 0 fully saturated rings. The average molecular weight is 761 g/mol. The fraction of sp³-hybridized carbons (Fsp3) is 0.605. The highest BCUT2D eigenvalue weighted by Crippen LogP contribution is 2.35. The third-order valence-electron chi connectivity index (χ3n) is 7.86. The number of rotatable bonds is 35. The van der Waals surface area contributed by atoms with E-state index in [9.17, 15) is 18.9 Å². The maximum absolute atomic E-state index is 12.4. The number of phosphoric ester groups is 1. The fourth-order valence-electron chi connectivity index (χ4n) is 4.86. The van der Waals surface area contributed by atoms with Gasteiger partial charge in [-0.15, -0.1) is 0 Å². The van der Waals surface area contributed by atoms with Gasteiger partial charge in [0.2, 0.25) is 0 Å². The number of ketones is 1. The molecule has 0 aromatic rings. The summed E-state index contributed by atoms with van der Waals surface area (Å²) >= 11 is 0. The van der Waals surface area contributed by atoms with Crippen LogP contribution in [0.4, 0.5) is 0 Å². The zero-order valence-corrected chi connectivity index (χ0v) is 33.5. The van der Waals surface area contributed by atoms with Crippen LogP contribution in [0.15, 0.2) is 85.1 Å². The molecule has 1 atom stereocenters. The van der Waals surface area contributed by atoms with Crippen molar-refractivity contribution in [3.63, 3.8) is 0 Å². The first-order valence-corrected chi connectivity index (χ1v) is 21.4. The second-order valence-electron chi connectivity index (χ2n) is 12.9. The summed E-state index contributed by atoms with van der Waals surface area (Å²) in [5.74, 6) is -0.892. The lowest BCUT2D eigenvalue weighted by Crippen LogP contribution is -2.29. The number of carbonyl (C=O) groups excluding carboxylic acids is 3. The van der Waals surface area contributed by atoms with E-state index < -0.39 is 32.5 Å². The van der Waals surface area contributed by atoms with E-state index in [1.54, 1.807) is 12.2 Å². The molecule has 0 heterocycles. The molecule has 0 saturated carbocycles. The summed E-state index contributed by atoms with van der Waals surface area (Å²) < 4.78 is 26.2. The highest BCUT2D eigenvalue weighted by molar-refractivity contribution is 7.46. The first-order chi connectivity index (χ1) is 25.7. The van der Waals surface area contributed by atoms with Crippen molar-refractivity contribution < 1.29 is 42.7 Å². The minimum absolute atomic E-state index is 0.112. The predicted octanol–water partition coefficient (Wildman–Crippen LogP) is 11.2. The van der Waals surface area contributed by atoms with Crippen molar-refractivity contribution in [2.75, 3.05) is 13.2 Å². The standard InChI is InChI=1S/C43H69O9P/c1-3-5-7-8-9-10-11-12-13-14-15-16-19-23-26-29-33-37-43(46)52-41(39-51-53(47,48)49)38-50-42(45)36-32-28-25-22-20-17-18-21-24-27-31-35-40(44)34-30-6-4-2/h12-13,15-18,22-27,31,35,41H,3-11,14,19-21,28-30,32-34,36-39H2,1-2H3,(H2,47,48,49)/b13-12-,16-15-,18-17-,25-22-,26-23-,27-24-,35-31+/t41-/m1/s1. The first-order valence-electron chi connectivity index (χ1n) is 19.8. The van der Waals surface area contributed by atoms with E-state index in [1.807, 2.05) is 48.6 Å². The lowest BCUT2D eigenvalue weighted by atomic mass is 10.1. The highest BCUT2D eigenvalue weighted by Gasteiger charge is 2.22. The van der Waals surface area contributed by atoms with Gasteiger partial charge in [-0.05, 0) is 76.7 Å². The molecular formula is C43H69O9P. The number of unbranched alkanes of at least 4 members (excludes halogenated alkanes) is 10. The van der Waals surface area contributed by atoms with Crippen molar-refractivity contribution in [2.24, 2.45) is 0 Å². The van der Waals surface area contributed by atoms with Crippen molar-refractivity contribution in [3.05, 3.63) is 85.1 Å². The SMILES string of the molecule is CCCCCCCC/C=C\C/C=C\C/C=C\CCCC(=O)O[C@H](COC(=O)CCC/C=C\C/C=C\C/C=C\C=C\C(=O)CCCCC)COP(=O)(O)O. The van der Waals surface area contributed by atoms with Crippen LogP contribution < -0.4 is 0 Å². The Morgan fingerprint density at radius 1 is 0.547 bits per heavy atom. The van der Waals surface area contributed by atoms with Gasteiger partial charge in [0.1, 0.15) is 6.61 Å². The van der Waals surface area contributed by atoms with E-state index in [0.717, 1.165) is 51.4 Å². The molecule has 0 rings (SSSR count).